The maximum absolute atomic E-state index is 12.8. The predicted octanol–water partition coefficient (Wildman–Crippen LogP) is 4.01. The van der Waals surface area contributed by atoms with Crippen LogP contribution in [0.3, 0.4) is 0 Å². The Morgan fingerprint density at radius 1 is 1.12 bits per heavy atom. The number of carbonyl (C=O) groups excluding carboxylic acids is 1. The SMILES string of the molecule is CC(=O)c1cccc(S(=O)(=O)NC2(c3ccc(Br)cc3)CCC2)c1. The van der Waals surface area contributed by atoms with Crippen LogP contribution in [0.4, 0.5) is 0 Å². The monoisotopic (exact) mass is 407 g/mol. The van der Waals surface area contributed by atoms with Crippen LogP contribution in [-0.4, -0.2) is 14.2 Å². The van der Waals surface area contributed by atoms with E-state index < -0.39 is 15.6 Å². The van der Waals surface area contributed by atoms with Crippen LogP contribution in [-0.2, 0) is 15.6 Å². The molecule has 1 aliphatic carbocycles. The number of hydrogen-bond acceptors (Lipinski definition) is 3. The zero-order valence-corrected chi connectivity index (χ0v) is 15.7. The first kappa shape index (κ1) is 17.3. The quantitative estimate of drug-likeness (QED) is 0.761. The zero-order chi connectivity index (χ0) is 17.4. The van der Waals surface area contributed by atoms with Crippen molar-refractivity contribution >= 4 is 31.7 Å². The first-order valence-electron chi connectivity index (χ1n) is 7.73. The van der Waals surface area contributed by atoms with Gasteiger partial charge in [-0.1, -0.05) is 40.2 Å². The van der Waals surface area contributed by atoms with Crippen LogP contribution in [0.5, 0.6) is 0 Å². The molecule has 3 rings (SSSR count). The summed E-state index contributed by atoms with van der Waals surface area (Å²) in [4.78, 5) is 11.6. The van der Waals surface area contributed by atoms with Crippen LogP contribution in [0.2, 0.25) is 0 Å². The summed E-state index contributed by atoms with van der Waals surface area (Å²) < 4.78 is 29.5. The average molecular weight is 408 g/mol. The van der Waals surface area contributed by atoms with Gasteiger partial charge in [-0.25, -0.2) is 13.1 Å². The van der Waals surface area contributed by atoms with E-state index in [0.29, 0.717) is 5.56 Å². The van der Waals surface area contributed by atoms with Crippen LogP contribution in [0.1, 0.15) is 42.1 Å². The van der Waals surface area contributed by atoms with Crippen molar-refractivity contribution < 1.29 is 13.2 Å². The highest BCUT2D eigenvalue weighted by Crippen LogP contribution is 2.42. The van der Waals surface area contributed by atoms with Crippen molar-refractivity contribution in [3.05, 3.63) is 64.1 Å². The van der Waals surface area contributed by atoms with E-state index in [0.717, 1.165) is 29.3 Å². The summed E-state index contributed by atoms with van der Waals surface area (Å²) in [5.41, 5.74) is 0.790. The topological polar surface area (TPSA) is 63.2 Å². The Hall–Kier alpha value is -1.50. The van der Waals surface area contributed by atoms with Gasteiger partial charge in [-0.15, -0.1) is 0 Å². The van der Waals surface area contributed by atoms with Gasteiger partial charge in [0.1, 0.15) is 0 Å². The molecule has 1 aliphatic rings. The molecule has 1 saturated carbocycles. The second kappa shape index (κ2) is 6.43. The molecule has 4 nitrogen and oxygen atoms in total. The molecule has 0 aromatic heterocycles. The molecular formula is C18H18BrNO3S. The average Bonchev–Trinajstić information content (AvgIpc) is 2.52. The normalized spacial score (nSPS) is 16.4. The molecule has 0 saturated heterocycles. The van der Waals surface area contributed by atoms with Gasteiger partial charge in [0.25, 0.3) is 0 Å². The second-order valence-corrected chi connectivity index (χ2v) is 8.73. The molecular weight excluding hydrogens is 390 g/mol. The predicted molar refractivity (Wildman–Crippen MR) is 96.4 cm³/mol. The lowest BCUT2D eigenvalue weighted by Crippen LogP contribution is -2.50. The van der Waals surface area contributed by atoms with E-state index in [1.54, 1.807) is 12.1 Å². The number of carbonyl (C=O) groups is 1. The van der Waals surface area contributed by atoms with Crippen LogP contribution in [0, 0.1) is 0 Å². The summed E-state index contributed by atoms with van der Waals surface area (Å²) in [7, 11) is -3.71. The Morgan fingerprint density at radius 3 is 2.33 bits per heavy atom. The molecule has 0 heterocycles. The third kappa shape index (κ3) is 3.31. The molecule has 2 aromatic carbocycles. The number of ketones is 1. The molecule has 0 atom stereocenters. The fourth-order valence-corrected chi connectivity index (χ4v) is 4.71. The Kier molecular flexibility index (Phi) is 4.64. The van der Waals surface area contributed by atoms with Crippen molar-refractivity contribution in [1.29, 1.82) is 0 Å². The standard InChI is InChI=1S/C18H18BrNO3S/c1-13(21)14-4-2-5-17(12-14)24(22,23)20-18(10-3-11-18)15-6-8-16(19)9-7-15/h2,4-9,12,20H,3,10-11H2,1H3. The van der Waals surface area contributed by atoms with Crippen LogP contribution < -0.4 is 4.72 Å². The highest BCUT2D eigenvalue weighted by atomic mass is 79.9. The van der Waals surface area contributed by atoms with E-state index in [2.05, 4.69) is 20.7 Å². The van der Waals surface area contributed by atoms with Gasteiger partial charge in [0, 0.05) is 10.0 Å². The van der Waals surface area contributed by atoms with Crippen LogP contribution >= 0.6 is 15.9 Å². The largest absolute Gasteiger partial charge is 0.295 e. The number of Topliss-reactive ketones (excluding diaryl/α,β-unsaturated/α-hetero) is 1. The Morgan fingerprint density at radius 2 is 1.79 bits per heavy atom. The van der Waals surface area contributed by atoms with Crippen molar-refractivity contribution in [2.75, 3.05) is 0 Å². The molecule has 0 aliphatic heterocycles. The minimum atomic E-state index is -3.71. The third-order valence-electron chi connectivity index (χ3n) is 4.48. The molecule has 0 bridgehead atoms. The second-order valence-electron chi connectivity index (χ2n) is 6.13. The number of nitrogens with one attached hydrogen (secondary N) is 1. The molecule has 1 N–H and O–H groups in total. The van der Waals surface area contributed by atoms with Gasteiger partial charge in [0.05, 0.1) is 10.4 Å². The van der Waals surface area contributed by atoms with Crippen molar-refractivity contribution in [2.45, 2.75) is 36.6 Å². The first-order valence-corrected chi connectivity index (χ1v) is 10.0. The van der Waals surface area contributed by atoms with Crippen molar-refractivity contribution in [2.24, 2.45) is 0 Å². The minimum Gasteiger partial charge on any atom is -0.295 e. The smallest absolute Gasteiger partial charge is 0.241 e. The summed E-state index contributed by atoms with van der Waals surface area (Å²) in [5, 5.41) is 0. The number of rotatable bonds is 5. The summed E-state index contributed by atoms with van der Waals surface area (Å²) in [6.07, 6.45) is 2.51. The summed E-state index contributed by atoms with van der Waals surface area (Å²) in [6.45, 7) is 1.43. The Labute approximate surface area is 150 Å². The molecule has 24 heavy (non-hydrogen) atoms. The van der Waals surface area contributed by atoms with Gasteiger partial charge >= 0.3 is 0 Å². The highest BCUT2D eigenvalue weighted by molar-refractivity contribution is 9.10. The van der Waals surface area contributed by atoms with Gasteiger partial charge < -0.3 is 0 Å². The molecule has 0 unspecified atom stereocenters. The van der Waals surface area contributed by atoms with Gasteiger partial charge in [-0.2, -0.15) is 0 Å². The van der Waals surface area contributed by atoms with Crippen molar-refractivity contribution in [1.82, 2.24) is 4.72 Å². The maximum atomic E-state index is 12.8. The number of benzene rings is 2. The lowest BCUT2D eigenvalue weighted by atomic mass is 9.73. The molecule has 0 spiro atoms. The number of sulfonamides is 1. The maximum Gasteiger partial charge on any atom is 0.241 e. The van der Waals surface area contributed by atoms with E-state index >= 15 is 0 Å². The number of halogens is 1. The van der Waals surface area contributed by atoms with E-state index in [1.807, 2.05) is 24.3 Å². The Bertz CT molecular complexity index is 871. The van der Waals surface area contributed by atoms with Gasteiger partial charge in [0.15, 0.2) is 5.78 Å². The van der Waals surface area contributed by atoms with Gasteiger partial charge in [0.2, 0.25) is 10.0 Å². The molecule has 6 heteroatoms. The lowest BCUT2D eigenvalue weighted by molar-refractivity contribution is 0.101. The van der Waals surface area contributed by atoms with Crippen LogP contribution in [0.25, 0.3) is 0 Å². The Balaban J connectivity index is 1.94. The number of hydrogen-bond donors (Lipinski definition) is 1. The lowest BCUT2D eigenvalue weighted by Gasteiger charge is -2.42. The van der Waals surface area contributed by atoms with Gasteiger partial charge in [-0.3, -0.25) is 4.79 Å². The van der Waals surface area contributed by atoms with E-state index in [1.165, 1.54) is 19.1 Å². The molecule has 126 valence electrons. The molecule has 0 radical (unpaired) electrons. The molecule has 2 aromatic rings. The van der Waals surface area contributed by atoms with Crippen LogP contribution in [0.15, 0.2) is 57.9 Å². The van der Waals surface area contributed by atoms with Crippen molar-refractivity contribution in [3.63, 3.8) is 0 Å². The highest BCUT2D eigenvalue weighted by Gasteiger charge is 2.42. The van der Waals surface area contributed by atoms with Gasteiger partial charge in [-0.05, 0) is 56.0 Å². The summed E-state index contributed by atoms with van der Waals surface area (Å²) in [6, 6.07) is 13.9. The summed E-state index contributed by atoms with van der Waals surface area (Å²) in [5.74, 6) is -0.154. The van der Waals surface area contributed by atoms with E-state index in [-0.39, 0.29) is 10.7 Å². The fraction of sp³-hybridized carbons (Fsp3) is 0.278. The fourth-order valence-electron chi connectivity index (χ4n) is 2.95. The third-order valence-corrected chi connectivity index (χ3v) is 6.55. The van der Waals surface area contributed by atoms with E-state index in [4.69, 9.17) is 0 Å². The first-order chi connectivity index (χ1) is 11.3. The van der Waals surface area contributed by atoms with Crippen molar-refractivity contribution in [3.8, 4) is 0 Å². The van der Waals surface area contributed by atoms with E-state index in [9.17, 15) is 13.2 Å². The minimum absolute atomic E-state index is 0.124. The molecule has 1 fully saturated rings. The zero-order valence-electron chi connectivity index (χ0n) is 13.3. The summed E-state index contributed by atoms with van der Waals surface area (Å²) >= 11 is 3.40. The molecule has 0 amide bonds.